The molecule has 0 bridgehead atoms. The van der Waals surface area contributed by atoms with Gasteiger partial charge < -0.3 is 0 Å². The highest BCUT2D eigenvalue weighted by molar-refractivity contribution is 8.18. The van der Waals surface area contributed by atoms with Crippen molar-refractivity contribution < 1.29 is 44.3 Å². The summed E-state index contributed by atoms with van der Waals surface area (Å²) in [4.78, 5) is 25.7. The molecule has 2 aromatic carbocycles. The van der Waals surface area contributed by atoms with E-state index in [9.17, 15) is 44.3 Å². The summed E-state index contributed by atoms with van der Waals surface area (Å²) in [7, 11) is -4.00. The number of imide groups is 1. The smallest absolute Gasteiger partial charge is 0.268 e. The van der Waals surface area contributed by atoms with Crippen LogP contribution in [0.4, 0.5) is 31.1 Å². The molecule has 1 aliphatic heterocycles. The van der Waals surface area contributed by atoms with E-state index in [1.165, 1.54) is 29.1 Å². The molecule has 0 spiro atoms. The molecule has 2 heterocycles. The first-order valence-electron chi connectivity index (χ1n) is 11.7. The van der Waals surface area contributed by atoms with Crippen molar-refractivity contribution in [1.82, 2.24) is 19.4 Å². The number of nitrogens with zero attached hydrogens (tertiary/aromatic N) is 3. The minimum atomic E-state index is -5.03. The van der Waals surface area contributed by atoms with E-state index in [1.807, 2.05) is 0 Å². The molecule has 4 rings (SSSR count). The molecule has 2 amide bonds. The van der Waals surface area contributed by atoms with Crippen LogP contribution in [-0.2, 0) is 33.7 Å². The minimum absolute atomic E-state index is 0.0349. The number of sulfonamides is 1. The molecule has 0 saturated carbocycles. The number of nitrogens with one attached hydrogen (secondary N) is 1. The van der Waals surface area contributed by atoms with Gasteiger partial charge in [0.15, 0.2) is 0 Å². The number of amides is 2. The van der Waals surface area contributed by atoms with Crippen molar-refractivity contribution in [3.63, 3.8) is 0 Å². The van der Waals surface area contributed by atoms with E-state index in [0.717, 1.165) is 6.07 Å². The van der Waals surface area contributed by atoms with Gasteiger partial charge >= 0.3 is 12.4 Å². The van der Waals surface area contributed by atoms with Gasteiger partial charge in [-0.3, -0.25) is 19.2 Å². The van der Waals surface area contributed by atoms with Gasteiger partial charge in [-0.15, -0.1) is 0 Å². The second-order valence-electron chi connectivity index (χ2n) is 10.2. The van der Waals surface area contributed by atoms with Crippen LogP contribution in [0.2, 0.25) is 0 Å². The predicted octanol–water partition coefficient (Wildman–Crippen LogP) is 5.83. The zero-order valence-electron chi connectivity index (χ0n) is 21.6. The molecule has 1 saturated heterocycles. The molecule has 0 atom stereocenters. The number of rotatable bonds is 6. The predicted molar refractivity (Wildman–Crippen MR) is 140 cm³/mol. The Morgan fingerprint density at radius 3 is 2.27 bits per heavy atom. The molecule has 1 aromatic heterocycles. The fourth-order valence-electron chi connectivity index (χ4n) is 4.07. The van der Waals surface area contributed by atoms with Crippen LogP contribution in [0.3, 0.4) is 0 Å². The van der Waals surface area contributed by atoms with Crippen molar-refractivity contribution in [2.75, 3.05) is 5.88 Å². The lowest BCUT2D eigenvalue weighted by atomic mass is 10.0. The molecule has 8 nitrogen and oxygen atoms in total. The lowest BCUT2D eigenvalue weighted by Gasteiger charge is -2.22. The highest BCUT2D eigenvalue weighted by Gasteiger charge is 2.39. The first kappa shape index (κ1) is 30.6. The Morgan fingerprint density at radius 1 is 0.976 bits per heavy atom. The second-order valence-corrected chi connectivity index (χ2v) is 12.9. The van der Waals surface area contributed by atoms with Crippen LogP contribution in [0.1, 0.15) is 43.0 Å². The van der Waals surface area contributed by atoms with Gasteiger partial charge in [-0.05, 0) is 74.0 Å². The van der Waals surface area contributed by atoms with Crippen molar-refractivity contribution in [2.45, 2.75) is 45.2 Å². The largest absolute Gasteiger partial charge is 0.416 e. The molecule has 0 aliphatic carbocycles. The lowest BCUT2D eigenvalue weighted by Crippen LogP contribution is -2.46. The number of benzene rings is 2. The molecule has 0 unspecified atom stereocenters. The van der Waals surface area contributed by atoms with Crippen LogP contribution in [0, 0.1) is 0 Å². The summed E-state index contributed by atoms with van der Waals surface area (Å²) in [6.07, 6.45) is -7.28. The second kappa shape index (κ2) is 10.5. The molecule has 3 aromatic rings. The number of alkyl halides is 6. The SMILES string of the molecule is CC(C)(C)NS(=O)(=O)CN1C(=O)SC(=Cc2ccc3c(cnn3Cc3ccc(C(F)(F)F)cc3C(F)(F)F)c2)C1=O. The van der Waals surface area contributed by atoms with E-state index in [-0.39, 0.29) is 11.0 Å². The average molecular weight is 621 g/mol. The first-order chi connectivity index (χ1) is 18.7. The number of carbonyl (C=O) groups is 2. The quantitative estimate of drug-likeness (QED) is 0.275. The van der Waals surface area contributed by atoms with E-state index in [0.29, 0.717) is 39.2 Å². The van der Waals surface area contributed by atoms with E-state index < -0.39 is 68.2 Å². The summed E-state index contributed by atoms with van der Waals surface area (Å²) in [6, 6.07) is 5.95. The van der Waals surface area contributed by atoms with Gasteiger partial charge in [-0.1, -0.05) is 12.1 Å². The van der Waals surface area contributed by atoms with Gasteiger partial charge in [0, 0.05) is 10.9 Å². The lowest BCUT2D eigenvalue weighted by molar-refractivity contribution is -0.143. The van der Waals surface area contributed by atoms with Crippen LogP contribution in [0.25, 0.3) is 17.0 Å². The molecule has 16 heteroatoms. The molecular formula is C25H22F6N4O4S2. The number of hydrogen-bond acceptors (Lipinski definition) is 6. The Bertz CT molecular complexity index is 1670. The van der Waals surface area contributed by atoms with Crippen LogP contribution < -0.4 is 4.72 Å². The molecular weight excluding hydrogens is 598 g/mol. The van der Waals surface area contributed by atoms with Crippen LogP contribution in [0.5, 0.6) is 0 Å². The van der Waals surface area contributed by atoms with Crippen molar-refractivity contribution in [1.29, 1.82) is 0 Å². The molecule has 41 heavy (non-hydrogen) atoms. The third kappa shape index (κ3) is 7.11. The molecule has 220 valence electrons. The summed E-state index contributed by atoms with van der Waals surface area (Å²) in [5, 5.41) is 3.73. The van der Waals surface area contributed by atoms with Gasteiger partial charge in [0.25, 0.3) is 11.1 Å². The summed E-state index contributed by atoms with van der Waals surface area (Å²) in [6.45, 7) is 4.35. The van der Waals surface area contributed by atoms with Gasteiger partial charge in [0.2, 0.25) is 10.0 Å². The molecule has 1 N–H and O–H groups in total. The van der Waals surface area contributed by atoms with Crippen molar-refractivity contribution in [3.8, 4) is 0 Å². The third-order valence-corrected chi connectivity index (χ3v) is 8.09. The molecule has 1 fully saturated rings. The summed E-state index contributed by atoms with van der Waals surface area (Å²) in [5.74, 6) is -1.67. The standard InChI is InChI=1S/C25H22F6N4O4S2/c1-23(2,3)33-41(38,39)13-34-21(36)20(40-22(34)37)9-14-4-7-19-16(8-14)11-32-35(19)12-15-5-6-17(24(26,27)28)10-18(15)25(29,30)31/h4-11,33H,12-13H2,1-3H3. The number of carbonyl (C=O) groups excluding carboxylic acids is 2. The van der Waals surface area contributed by atoms with Crippen molar-refractivity contribution >= 4 is 49.9 Å². The first-order valence-corrected chi connectivity index (χ1v) is 14.2. The van der Waals surface area contributed by atoms with Gasteiger partial charge in [-0.25, -0.2) is 13.1 Å². The maximum absolute atomic E-state index is 13.6. The number of fused-ring (bicyclic) bond motifs is 1. The minimum Gasteiger partial charge on any atom is -0.268 e. The fourth-order valence-corrected chi connectivity index (χ4v) is 6.56. The van der Waals surface area contributed by atoms with Gasteiger partial charge in [0.05, 0.1) is 34.3 Å². The highest BCUT2D eigenvalue weighted by atomic mass is 32.2. The Morgan fingerprint density at radius 2 is 1.66 bits per heavy atom. The number of thioether (sulfide) groups is 1. The van der Waals surface area contributed by atoms with E-state index in [4.69, 9.17) is 0 Å². The zero-order chi connectivity index (χ0) is 30.5. The maximum Gasteiger partial charge on any atom is 0.416 e. The number of aromatic nitrogens is 2. The summed E-state index contributed by atoms with van der Waals surface area (Å²) in [5.41, 5.74) is -3.30. The van der Waals surface area contributed by atoms with Gasteiger partial charge in [-0.2, -0.15) is 31.4 Å². The number of halogens is 6. The Balaban J connectivity index is 1.58. The zero-order valence-corrected chi connectivity index (χ0v) is 23.2. The monoisotopic (exact) mass is 620 g/mol. The highest BCUT2D eigenvalue weighted by Crippen LogP contribution is 2.38. The Kier molecular flexibility index (Phi) is 7.81. The van der Waals surface area contributed by atoms with E-state index in [1.54, 1.807) is 26.8 Å². The maximum atomic E-state index is 13.6. The third-order valence-electron chi connectivity index (χ3n) is 5.66. The molecule has 1 aliphatic rings. The fraction of sp³-hybridized carbons (Fsp3) is 0.320. The normalized spacial score (nSPS) is 16.4. The summed E-state index contributed by atoms with van der Waals surface area (Å²) < 4.78 is 108. The topological polar surface area (TPSA) is 101 Å². The van der Waals surface area contributed by atoms with Crippen LogP contribution in [0.15, 0.2) is 47.5 Å². The van der Waals surface area contributed by atoms with Crippen LogP contribution in [-0.4, -0.2) is 45.7 Å². The van der Waals surface area contributed by atoms with E-state index in [2.05, 4.69) is 9.82 Å². The number of hydrogen-bond donors (Lipinski definition) is 1. The van der Waals surface area contributed by atoms with Crippen LogP contribution >= 0.6 is 11.8 Å². The van der Waals surface area contributed by atoms with Crippen molar-refractivity contribution in [2.24, 2.45) is 0 Å². The Labute approximate surface area is 234 Å². The molecule has 0 radical (unpaired) electrons. The van der Waals surface area contributed by atoms with Gasteiger partial charge in [0.1, 0.15) is 5.88 Å². The van der Waals surface area contributed by atoms with E-state index >= 15 is 0 Å². The Hall–Kier alpha value is -3.37. The average Bonchev–Trinajstić information content (AvgIpc) is 3.31. The van der Waals surface area contributed by atoms with Crippen molar-refractivity contribution in [3.05, 3.63) is 69.8 Å². The summed E-state index contributed by atoms with van der Waals surface area (Å²) >= 11 is 0.553.